The molecule has 1 aliphatic heterocycles. The van der Waals surface area contributed by atoms with Crippen LogP contribution in [-0.2, 0) is 14.6 Å². The minimum atomic E-state index is -4.55. The quantitative estimate of drug-likeness (QED) is 0.913. The number of nitrogens with one attached hydrogen (secondary N) is 1. The van der Waals surface area contributed by atoms with Gasteiger partial charge in [-0.25, -0.2) is 8.42 Å². The van der Waals surface area contributed by atoms with Gasteiger partial charge in [-0.3, -0.25) is 4.79 Å². The number of nitrogens with zero attached hydrogens (tertiary/aromatic N) is 1. The lowest BCUT2D eigenvalue weighted by Gasteiger charge is -2.33. The highest BCUT2D eigenvalue weighted by molar-refractivity contribution is 7.91. The Labute approximate surface area is 128 Å². The van der Waals surface area contributed by atoms with Crippen molar-refractivity contribution in [2.75, 3.05) is 18.0 Å². The van der Waals surface area contributed by atoms with E-state index in [2.05, 4.69) is 5.32 Å². The lowest BCUT2D eigenvalue weighted by Crippen LogP contribution is -2.44. The molecule has 0 saturated carbocycles. The van der Waals surface area contributed by atoms with Crippen molar-refractivity contribution in [1.82, 2.24) is 5.32 Å². The van der Waals surface area contributed by atoms with Gasteiger partial charge < -0.3 is 10.2 Å². The van der Waals surface area contributed by atoms with Crippen LogP contribution in [0, 0.1) is 0 Å². The van der Waals surface area contributed by atoms with Gasteiger partial charge in [0, 0.05) is 31.7 Å². The van der Waals surface area contributed by atoms with E-state index in [-0.39, 0.29) is 16.8 Å². The van der Waals surface area contributed by atoms with Crippen LogP contribution in [0.15, 0.2) is 29.2 Å². The summed E-state index contributed by atoms with van der Waals surface area (Å²) < 4.78 is 47.7. The molecule has 0 aromatic heterocycles. The molecule has 2 rings (SSSR count). The molecular weight excluding hydrogens is 314 g/mol. The highest BCUT2D eigenvalue weighted by atomic mass is 32.2. The van der Waals surface area contributed by atoms with E-state index in [9.17, 15) is 22.0 Å². The lowest BCUT2D eigenvalue weighted by molar-refractivity contribution is -0.119. The molecule has 1 aromatic rings. The number of hydrogen-bond acceptors (Lipinski definition) is 4. The van der Waals surface area contributed by atoms with E-state index < -0.39 is 15.6 Å². The van der Waals surface area contributed by atoms with Crippen LogP contribution in [0.5, 0.6) is 0 Å². The van der Waals surface area contributed by atoms with Gasteiger partial charge in [0.05, 0.1) is 4.90 Å². The third-order valence-corrected chi connectivity index (χ3v) is 5.07. The number of halogens is 2. The summed E-state index contributed by atoms with van der Waals surface area (Å²) in [4.78, 5) is 12.7. The molecule has 0 aliphatic carbocycles. The topological polar surface area (TPSA) is 66.5 Å². The molecule has 1 aromatic carbocycles. The zero-order chi connectivity index (χ0) is 16.3. The summed E-state index contributed by atoms with van der Waals surface area (Å²) in [6.07, 6.45) is 1.58. The summed E-state index contributed by atoms with van der Waals surface area (Å²) in [5, 5.41) is 2.87. The summed E-state index contributed by atoms with van der Waals surface area (Å²) in [5.41, 5.74) is 0.787. The number of amides is 1. The van der Waals surface area contributed by atoms with Crippen molar-refractivity contribution in [2.45, 2.75) is 36.5 Å². The van der Waals surface area contributed by atoms with Crippen LogP contribution >= 0.6 is 0 Å². The molecule has 5 nitrogen and oxygen atoms in total. The normalized spacial score (nSPS) is 16.8. The molecular formula is C14H18F2N2O3S. The summed E-state index contributed by atoms with van der Waals surface area (Å²) in [5.74, 6) is -3.47. The number of carbonyl (C=O) groups is 1. The van der Waals surface area contributed by atoms with Gasteiger partial charge in [0.2, 0.25) is 15.7 Å². The molecule has 8 heteroatoms. The van der Waals surface area contributed by atoms with Crippen LogP contribution in [0.4, 0.5) is 14.5 Å². The van der Waals surface area contributed by atoms with E-state index >= 15 is 0 Å². The van der Waals surface area contributed by atoms with Crippen LogP contribution in [-0.4, -0.2) is 39.2 Å². The van der Waals surface area contributed by atoms with Crippen molar-refractivity contribution in [3.05, 3.63) is 24.3 Å². The van der Waals surface area contributed by atoms with E-state index in [1.165, 1.54) is 31.2 Å². The fourth-order valence-corrected chi connectivity index (χ4v) is 3.24. The number of piperidine rings is 1. The lowest BCUT2D eigenvalue weighted by atomic mass is 10.0. The zero-order valence-electron chi connectivity index (χ0n) is 12.1. The molecule has 122 valence electrons. The van der Waals surface area contributed by atoms with Gasteiger partial charge in [0.25, 0.3) is 0 Å². The van der Waals surface area contributed by atoms with Crippen molar-refractivity contribution in [1.29, 1.82) is 0 Å². The molecule has 0 atom stereocenters. The second-order valence-corrected chi connectivity index (χ2v) is 7.18. The highest BCUT2D eigenvalue weighted by Crippen LogP contribution is 2.24. The van der Waals surface area contributed by atoms with Crippen molar-refractivity contribution in [3.63, 3.8) is 0 Å². The van der Waals surface area contributed by atoms with Gasteiger partial charge in [-0.15, -0.1) is 0 Å². The molecule has 0 bridgehead atoms. The second-order valence-electron chi connectivity index (χ2n) is 5.26. The number of hydrogen-bond donors (Lipinski definition) is 1. The number of carbonyl (C=O) groups excluding carboxylic acids is 1. The third-order valence-electron chi connectivity index (χ3n) is 3.67. The minimum absolute atomic E-state index is 0.0555. The highest BCUT2D eigenvalue weighted by Gasteiger charge is 2.27. The molecule has 1 N–H and O–H groups in total. The number of sulfone groups is 1. The first-order valence-corrected chi connectivity index (χ1v) is 8.49. The van der Waals surface area contributed by atoms with Gasteiger partial charge in [-0.2, -0.15) is 8.78 Å². The SMILES string of the molecule is CC(=O)NC1CCN(c2ccc(S(=O)(=O)C(F)F)cc2)CC1. The Balaban J connectivity index is 2.02. The zero-order valence-corrected chi connectivity index (χ0v) is 12.9. The maximum absolute atomic E-state index is 12.5. The monoisotopic (exact) mass is 332 g/mol. The predicted molar refractivity (Wildman–Crippen MR) is 78.7 cm³/mol. The molecule has 1 amide bonds. The maximum atomic E-state index is 12.5. The minimum Gasteiger partial charge on any atom is -0.371 e. The van der Waals surface area contributed by atoms with Gasteiger partial charge >= 0.3 is 5.76 Å². The standard InChI is InChI=1S/C14H18F2N2O3S/c1-10(19)17-11-6-8-18(9-7-11)12-2-4-13(5-3-12)22(20,21)14(15)16/h2-5,11,14H,6-9H2,1H3,(H,17,19). The Morgan fingerprint density at radius 1 is 1.23 bits per heavy atom. The van der Waals surface area contributed by atoms with Gasteiger partial charge in [0.1, 0.15) is 0 Å². The molecule has 0 unspecified atom stereocenters. The first-order valence-electron chi connectivity index (χ1n) is 6.95. The average Bonchev–Trinajstić information content (AvgIpc) is 2.47. The van der Waals surface area contributed by atoms with Gasteiger partial charge in [0.15, 0.2) is 0 Å². The first-order chi connectivity index (χ1) is 10.3. The van der Waals surface area contributed by atoms with Crippen LogP contribution < -0.4 is 10.2 Å². The molecule has 1 fully saturated rings. The fraction of sp³-hybridized carbons (Fsp3) is 0.500. The Morgan fingerprint density at radius 3 is 2.23 bits per heavy atom. The maximum Gasteiger partial charge on any atom is 0.341 e. The number of anilines is 1. The Hall–Kier alpha value is -1.70. The molecule has 1 saturated heterocycles. The molecule has 1 heterocycles. The number of rotatable bonds is 4. The molecule has 0 radical (unpaired) electrons. The Morgan fingerprint density at radius 2 is 1.77 bits per heavy atom. The van der Waals surface area contributed by atoms with Crippen molar-refractivity contribution in [2.24, 2.45) is 0 Å². The first kappa shape index (κ1) is 16.7. The summed E-state index contributed by atoms with van der Waals surface area (Å²) in [7, 11) is -4.55. The summed E-state index contributed by atoms with van der Waals surface area (Å²) in [6, 6.07) is 5.63. The van der Waals surface area contributed by atoms with E-state index in [0.29, 0.717) is 13.1 Å². The Bertz CT molecular complexity index is 624. The van der Waals surface area contributed by atoms with E-state index in [4.69, 9.17) is 0 Å². The van der Waals surface area contributed by atoms with E-state index in [1.807, 2.05) is 4.90 Å². The van der Waals surface area contributed by atoms with Crippen LogP contribution in [0.25, 0.3) is 0 Å². The largest absolute Gasteiger partial charge is 0.371 e. The van der Waals surface area contributed by atoms with Crippen LogP contribution in [0.3, 0.4) is 0 Å². The number of alkyl halides is 2. The van der Waals surface area contributed by atoms with E-state index in [1.54, 1.807) is 0 Å². The second kappa shape index (κ2) is 6.60. The summed E-state index contributed by atoms with van der Waals surface area (Å²) in [6.45, 7) is 2.91. The van der Waals surface area contributed by atoms with Crippen molar-refractivity contribution >= 4 is 21.4 Å². The van der Waals surface area contributed by atoms with Crippen molar-refractivity contribution < 1.29 is 22.0 Å². The molecule has 1 aliphatic rings. The van der Waals surface area contributed by atoms with Crippen molar-refractivity contribution in [3.8, 4) is 0 Å². The molecule has 0 spiro atoms. The average molecular weight is 332 g/mol. The van der Waals surface area contributed by atoms with Crippen LogP contribution in [0.2, 0.25) is 0 Å². The summed E-state index contributed by atoms with van der Waals surface area (Å²) >= 11 is 0. The molecule has 22 heavy (non-hydrogen) atoms. The number of benzene rings is 1. The third kappa shape index (κ3) is 3.73. The van der Waals surface area contributed by atoms with E-state index in [0.717, 1.165) is 18.5 Å². The predicted octanol–water partition coefficient (Wildman–Crippen LogP) is 1.79. The fourth-order valence-electron chi connectivity index (χ4n) is 2.52. The Kier molecular flexibility index (Phi) is 5.00. The van der Waals surface area contributed by atoms with Gasteiger partial charge in [-0.05, 0) is 37.1 Å². The smallest absolute Gasteiger partial charge is 0.341 e. The van der Waals surface area contributed by atoms with Crippen LogP contribution in [0.1, 0.15) is 19.8 Å². The van der Waals surface area contributed by atoms with Gasteiger partial charge in [-0.1, -0.05) is 0 Å².